The van der Waals surface area contributed by atoms with Gasteiger partial charge in [-0.1, -0.05) is 69.9 Å². The monoisotopic (exact) mass is 654 g/mol. The number of hydrogen-bond acceptors (Lipinski definition) is 8. The number of ether oxygens (including phenoxy) is 1. The minimum absolute atomic E-state index is 0.0157. The van der Waals surface area contributed by atoms with Gasteiger partial charge in [0.2, 0.25) is 0 Å². The van der Waals surface area contributed by atoms with Crippen molar-refractivity contribution >= 4 is 44.9 Å². The van der Waals surface area contributed by atoms with Crippen molar-refractivity contribution in [1.29, 1.82) is 0 Å². The minimum Gasteiger partial charge on any atom is -0.508 e. The van der Waals surface area contributed by atoms with Gasteiger partial charge in [-0.3, -0.25) is 4.79 Å². The van der Waals surface area contributed by atoms with Crippen molar-refractivity contribution in [1.82, 2.24) is 5.32 Å². The Balaban J connectivity index is 1.70. The molecular weight excluding hydrogens is 613 g/mol. The highest BCUT2D eigenvalue weighted by molar-refractivity contribution is 7.98. The lowest BCUT2D eigenvalue weighted by molar-refractivity contribution is -0.142. The molecule has 0 saturated heterocycles. The second-order valence-electron chi connectivity index (χ2n) is 11.6. The van der Waals surface area contributed by atoms with Crippen molar-refractivity contribution < 1.29 is 33.0 Å². The molecule has 11 heteroatoms. The lowest BCUT2D eigenvalue weighted by atomic mass is 9.79. The molecule has 242 valence electrons. The molecule has 4 rings (SSSR count). The molecule has 3 aromatic rings. The summed E-state index contributed by atoms with van der Waals surface area (Å²) in [6.07, 6.45) is 7.25. The van der Waals surface area contributed by atoms with E-state index in [0.29, 0.717) is 17.1 Å². The number of phenols is 1. The standard InChI is InChI=1S/C34H42N2O7S2/c1-4-6-17-34(18-7-5-2)22-36(25-11-9-8-10-12-25)27-19-29(44-3)28(20-30(27)45(41,42)23-34)43-21-31(38)35-32(33(39)40)24-13-15-26(37)16-14-24/h8-16,19-20,32,37H,4-7,17-18,21-23H2,1-3H3,(H,35,38)(H,39,40). The van der Waals surface area contributed by atoms with E-state index < -0.39 is 39.8 Å². The number of anilines is 2. The van der Waals surface area contributed by atoms with E-state index in [1.54, 1.807) is 0 Å². The number of carboxylic acid groups (broad SMARTS) is 1. The van der Waals surface area contributed by atoms with E-state index in [0.717, 1.165) is 44.2 Å². The third-order valence-electron chi connectivity index (χ3n) is 8.19. The zero-order chi connectivity index (χ0) is 32.6. The Kier molecular flexibility index (Phi) is 11.4. The molecule has 1 heterocycles. The van der Waals surface area contributed by atoms with Gasteiger partial charge in [0.25, 0.3) is 5.91 Å². The van der Waals surface area contributed by atoms with Gasteiger partial charge < -0.3 is 25.2 Å². The first-order chi connectivity index (χ1) is 21.5. The van der Waals surface area contributed by atoms with Gasteiger partial charge in [0.1, 0.15) is 11.5 Å². The summed E-state index contributed by atoms with van der Waals surface area (Å²) in [5.41, 5.74) is 1.32. The molecule has 3 aromatic carbocycles. The van der Waals surface area contributed by atoms with Crippen LogP contribution in [0.2, 0.25) is 0 Å². The lowest BCUT2D eigenvalue weighted by Gasteiger charge is -2.37. The predicted octanol–water partition coefficient (Wildman–Crippen LogP) is 6.73. The average molecular weight is 655 g/mol. The van der Waals surface area contributed by atoms with Gasteiger partial charge in [-0.15, -0.1) is 11.8 Å². The summed E-state index contributed by atoms with van der Waals surface area (Å²) in [5.74, 6) is -1.74. The smallest absolute Gasteiger partial charge is 0.330 e. The normalized spacial score (nSPS) is 15.8. The number of unbranched alkanes of at least 4 members (excludes halogenated alkanes) is 2. The Morgan fingerprint density at radius 3 is 2.24 bits per heavy atom. The molecule has 0 saturated carbocycles. The molecule has 0 aromatic heterocycles. The molecule has 3 N–H and O–H groups in total. The molecule has 1 aliphatic heterocycles. The van der Waals surface area contributed by atoms with Crippen LogP contribution in [0.25, 0.3) is 0 Å². The Labute approximate surface area is 269 Å². The van der Waals surface area contributed by atoms with Crippen molar-refractivity contribution in [3.63, 3.8) is 0 Å². The van der Waals surface area contributed by atoms with Gasteiger partial charge in [-0.25, -0.2) is 13.2 Å². The molecule has 1 atom stereocenters. The van der Waals surface area contributed by atoms with Crippen LogP contribution in [0.4, 0.5) is 11.4 Å². The lowest BCUT2D eigenvalue weighted by Crippen LogP contribution is -2.38. The first-order valence-electron chi connectivity index (χ1n) is 15.2. The fraction of sp³-hybridized carbons (Fsp3) is 0.412. The second kappa shape index (κ2) is 15.1. The maximum absolute atomic E-state index is 14.3. The topological polar surface area (TPSA) is 133 Å². The van der Waals surface area contributed by atoms with E-state index in [4.69, 9.17) is 4.74 Å². The number of carboxylic acids is 1. The van der Waals surface area contributed by atoms with Crippen molar-refractivity contribution in [3.05, 3.63) is 72.3 Å². The van der Waals surface area contributed by atoms with Crippen molar-refractivity contribution in [2.45, 2.75) is 68.2 Å². The summed E-state index contributed by atoms with van der Waals surface area (Å²) >= 11 is 1.37. The Bertz CT molecular complexity index is 1570. The maximum atomic E-state index is 14.3. The molecule has 0 radical (unpaired) electrons. The third-order valence-corrected chi connectivity index (χ3v) is 10.9. The fourth-order valence-corrected chi connectivity index (χ4v) is 8.54. The number of carbonyl (C=O) groups excluding carboxylic acids is 1. The highest BCUT2D eigenvalue weighted by Crippen LogP contribution is 2.47. The number of thioether (sulfide) groups is 1. The van der Waals surface area contributed by atoms with Crippen LogP contribution in [0, 0.1) is 5.41 Å². The number of carbonyl (C=O) groups is 2. The molecule has 0 aliphatic carbocycles. The summed E-state index contributed by atoms with van der Waals surface area (Å²) in [6, 6.07) is 17.3. The molecule has 1 unspecified atom stereocenters. The van der Waals surface area contributed by atoms with Gasteiger partial charge in [0.15, 0.2) is 22.5 Å². The van der Waals surface area contributed by atoms with Crippen LogP contribution < -0.4 is 15.0 Å². The number of para-hydroxylation sites is 1. The second-order valence-corrected chi connectivity index (χ2v) is 14.4. The molecule has 0 bridgehead atoms. The number of fused-ring (bicyclic) bond motifs is 1. The van der Waals surface area contributed by atoms with Gasteiger partial charge >= 0.3 is 5.97 Å². The summed E-state index contributed by atoms with van der Waals surface area (Å²) < 4.78 is 34.4. The van der Waals surface area contributed by atoms with E-state index in [2.05, 4.69) is 24.1 Å². The average Bonchev–Trinajstić information content (AvgIpc) is 3.12. The zero-order valence-corrected chi connectivity index (χ0v) is 27.6. The Morgan fingerprint density at radius 2 is 1.67 bits per heavy atom. The predicted molar refractivity (Wildman–Crippen MR) is 177 cm³/mol. The van der Waals surface area contributed by atoms with Crippen molar-refractivity contribution in [3.8, 4) is 11.5 Å². The minimum atomic E-state index is -3.77. The largest absolute Gasteiger partial charge is 0.508 e. The number of benzene rings is 3. The molecular formula is C34H42N2O7S2. The molecule has 0 spiro atoms. The van der Waals surface area contributed by atoms with Crippen molar-refractivity contribution in [2.24, 2.45) is 5.41 Å². The fourth-order valence-electron chi connectivity index (χ4n) is 5.88. The van der Waals surface area contributed by atoms with Gasteiger partial charge in [0.05, 0.1) is 21.2 Å². The third kappa shape index (κ3) is 8.32. The van der Waals surface area contributed by atoms with Gasteiger partial charge in [-0.05, 0) is 55.0 Å². The summed E-state index contributed by atoms with van der Waals surface area (Å²) in [4.78, 5) is 27.7. The van der Waals surface area contributed by atoms with Gasteiger partial charge in [-0.2, -0.15) is 0 Å². The van der Waals surface area contributed by atoms with Crippen LogP contribution in [-0.4, -0.2) is 55.7 Å². The van der Waals surface area contributed by atoms with E-state index in [-0.39, 0.29) is 27.7 Å². The number of nitrogens with zero attached hydrogens (tertiary/aromatic N) is 1. The van der Waals surface area contributed by atoms with Crippen LogP contribution in [0.5, 0.6) is 11.5 Å². The van der Waals surface area contributed by atoms with E-state index in [1.165, 1.54) is 42.1 Å². The highest BCUT2D eigenvalue weighted by Gasteiger charge is 2.42. The Hall–Kier alpha value is -3.70. The quantitative estimate of drug-likeness (QED) is 0.162. The first-order valence-corrected chi connectivity index (χ1v) is 18.1. The van der Waals surface area contributed by atoms with E-state index in [9.17, 15) is 28.2 Å². The number of aliphatic carboxylic acids is 1. The molecule has 0 fully saturated rings. The number of nitrogens with one attached hydrogen (secondary N) is 1. The number of phenolic OH excluding ortho intramolecular Hbond substituents is 1. The molecule has 45 heavy (non-hydrogen) atoms. The number of amides is 1. The van der Waals surface area contributed by atoms with Crippen LogP contribution >= 0.6 is 11.8 Å². The molecule has 1 amide bonds. The summed E-state index contributed by atoms with van der Waals surface area (Å²) in [5, 5.41) is 21.7. The number of rotatable bonds is 14. The van der Waals surface area contributed by atoms with Crippen LogP contribution in [0.3, 0.4) is 0 Å². The SMILES string of the molecule is CCCCC1(CCCC)CN(c2ccccc2)c2cc(SC)c(OCC(=O)NC(C(=O)O)c3ccc(O)cc3)cc2S(=O)(=O)C1. The molecule has 9 nitrogen and oxygen atoms in total. The first kappa shape index (κ1) is 34.2. The van der Waals surface area contributed by atoms with E-state index >= 15 is 0 Å². The van der Waals surface area contributed by atoms with Crippen LogP contribution in [-0.2, 0) is 19.4 Å². The number of aromatic hydroxyl groups is 1. The summed E-state index contributed by atoms with van der Waals surface area (Å²) in [7, 11) is -3.77. The zero-order valence-electron chi connectivity index (χ0n) is 26.0. The van der Waals surface area contributed by atoms with Crippen LogP contribution in [0.1, 0.15) is 64.0 Å². The highest BCUT2D eigenvalue weighted by atomic mass is 32.2. The maximum Gasteiger partial charge on any atom is 0.330 e. The Morgan fingerprint density at radius 1 is 1.02 bits per heavy atom. The van der Waals surface area contributed by atoms with Gasteiger partial charge in [0, 0.05) is 23.7 Å². The summed E-state index contributed by atoms with van der Waals surface area (Å²) in [6.45, 7) is 4.29. The number of sulfone groups is 1. The molecule has 1 aliphatic rings. The van der Waals surface area contributed by atoms with E-state index in [1.807, 2.05) is 42.7 Å². The number of hydrogen-bond donors (Lipinski definition) is 3. The van der Waals surface area contributed by atoms with Crippen LogP contribution in [0.15, 0.2) is 76.5 Å². The van der Waals surface area contributed by atoms with Crippen molar-refractivity contribution in [2.75, 3.05) is 30.1 Å².